The maximum absolute atomic E-state index is 10.4. The molecule has 0 saturated heterocycles. The number of hydrogen-bond donors (Lipinski definition) is 2. The number of ether oxygens (including phenoxy) is 1. The molecule has 0 radical (unpaired) electrons. The van der Waals surface area contributed by atoms with Crippen LogP contribution in [0, 0.1) is 6.92 Å². The standard InChI is InChI=1S/C12H18N2O2/c1-3-16-9-5-12(15,6-9)10-4-8(2)7-14-11(10)13/h4,7,9,15H,3,5-6H2,1-2H3,(H2,13,14). The van der Waals surface area contributed by atoms with Crippen LogP contribution in [0.1, 0.15) is 30.9 Å². The van der Waals surface area contributed by atoms with Crippen molar-refractivity contribution < 1.29 is 9.84 Å². The summed E-state index contributed by atoms with van der Waals surface area (Å²) in [6.07, 6.45) is 3.07. The molecule has 0 unspecified atom stereocenters. The van der Waals surface area contributed by atoms with Crippen LogP contribution in [-0.4, -0.2) is 22.8 Å². The molecule has 1 aliphatic rings. The van der Waals surface area contributed by atoms with E-state index < -0.39 is 5.60 Å². The molecule has 2 rings (SSSR count). The third kappa shape index (κ3) is 1.90. The van der Waals surface area contributed by atoms with E-state index in [-0.39, 0.29) is 6.10 Å². The number of nitrogens with zero attached hydrogens (tertiary/aromatic N) is 1. The molecule has 1 saturated carbocycles. The normalized spacial score (nSPS) is 28.8. The van der Waals surface area contributed by atoms with Crippen molar-refractivity contribution in [3.63, 3.8) is 0 Å². The summed E-state index contributed by atoms with van der Waals surface area (Å²) in [5.41, 5.74) is 6.70. The van der Waals surface area contributed by atoms with Gasteiger partial charge in [-0.05, 0) is 25.5 Å². The first-order valence-corrected chi connectivity index (χ1v) is 5.62. The Balaban J connectivity index is 2.16. The summed E-state index contributed by atoms with van der Waals surface area (Å²) in [6.45, 7) is 4.58. The van der Waals surface area contributed by atoms with Gasteiger partial charge in [0.1, 0.15) is 5.82 Å². The topological polar surface area (TPSA) is 68.4 Å². The number of anilines is 1. The smallest absolute Gasteiger partial charge is 0.129 e. The molecule has 0 amide bonds. The summed E-state index contributed by atoms with van der Waals surface area (Å²) in [7, 11) is 0. The highest BCUT2D eigenvalue weighted by molar-refractivity contribution is 5.46. The van der Waals surface area contributed by atoms with Crippen molar-refractivity contribution in [2.75, 3.05) is 12.3 Å². The Morgan fingerprint density at radius 1 is 1.62 bits per heavy atom. The SMILES string of the molecule is CCOC1CC(O)(c2cc(C)cnc2N)C1. The van der Waals surface area contributed by atoms with Crippen molar-refractivity contribution >= 4 is 5.82 Å². The van der Waals surface area contributed by atoms with Crippen molar-refractivity contribution in [1.29, 1.82) is 0 Å². The van der Waals surface area contributed by atoms with Gasteiger partial charge in [-0.15, -0.1) is 0 Å². The van der Waals surface area contributed by atoms with Crippen LogP contribution < -0.4 is 5.73 Å². The van der Waals surface area contributed by atoms with Gasteiger partial charge in [-0.1, -0.05) is 0 Å². The van der Waals surface area contributed by atoms with E-state index in [1.165, 1.54) is 0 Å². The van der Waals surface area contributed by atoms with Gasteiger partial charge in [0.05, 0.1) is 11.7 Å². The number of nitrogens with two attached hydrogens (primary N) is 1. The number of pyridine rings is 1. The molecule has 1 aliphatic carbocycles. The van der Waals surface area contributed by atoms with Gasteiger partial charge >= 0.3 is 0 Å². The van der Waals surface area contributed by atoms with E-state index in [1.807, 2.05) is 19.9 Å². The Morgan fingerprint density at radius 3 is 2.94 bits per heavy atom. The number of aliphatic hydroxyl groups is 1. The molecule has 16 heavy (non-hydrogen) atoms. The summed E-state index contributed by atoms with van der Waals surface area (Å²) in [4.78, 5) is 4.07. The quantitative estimate of drug-likeness (QED) is 0.810. The van der Waals surface area contributed by atoms with Crippen LogP contribution in [-0.2, 0) is 10.3 Å². The highest BCUT2D eigenvalue weighted by Crippen LogP contribution is 2.44. The monoisotopic (exact) mass is 222 g/mol. The number of rotatable bonds is 3. The number of aromatic nitrogens is 1. The lowest BCUT2D eigenvalue weighted by atomic mass is 9.72. The lowest BCUT2D eigenvalue weighted by Gasteiger charge is -2.43. The van der Waals surface area contributed by atoms with Gasteiger partial charge in [0.25, 0.3) is 0 Å². The minimum absolute atomic E-state index is 0.148. The zero-order chi connectivity index (χ0) is 11.8. The number of nitrogen functional groups attached to an aromatic ring is 1. The zero-order valence-electron chi connectivity index (χ0n) is 9.73. The number of aryl methyl sites for hydroxylation is 1. The minimum atomic E-state index is -0.844. The second kappa shape index (κ2) is 4.03. The second-order valence-corrected chi connectivity index (χ2v) is 4.46. The van der Waals surface area contributed by atoms with Crippen molar-refractivity contribution in [3.05, 3.63) is 23.4 Å². The van der Waals surface area contributed by atoms with Gasteiger partial charge in [0.15, 0.2) is 0 Å². The molecular weight excluding hydrogens is 204 g/mol. The van der Waals surface area contributed by atoms with E-state index in [9.17, 15) is 5.11 Å². The molecule has 0 atom stereocenters. The van der Waals surface area contributed by atoms with Gasteiger partial charge in [-0.25, -0.2) is 4.98 Å². The molecule has 4 nitrogen and oxygen atoms in total. The molecule has 0 aliphatic heterocycles. The summed E-state index contributed by atoms with van der Waals surface area (Å²) < 4.78 is 5.44. The highest BCUT2D eigenvalue weighted by atomic mass is 16.5. The fraction of sp³-hybridized carbons (Fsp3) is 0.583. The molecule has 88 valence electrons. The summed E-state index contributed by atoms with van der Waals surface area (Å²) >= 11 is 0. The summed E-state index contributed by atoms with van der Waals surface area (Å²) in [5, 5.41) is 10.4. The van der Waals surface area contributed by atoms with Crippen LogP contribution in [0.25, 0.3) is 0 Å². The molecule has 4 heteroatoms. The van der Waals surface area contributed by atoms with Crippen LogP contribution in [0.4, 0.5) is 5.82 Å². The van der Waals surface area contributed by atoms with Crippen LogP contribution in [0.3, 0.4) is 0 Å². The Kier molecular flexibility index (Phi) is 2.86. The first kappa shape index (κ1) is 11.4. The van der Waals surface area contributed by atoms with Crippen LogP contribution in [0.15, 0.2) is 12.3 Å². The Morgan fingerprint density at radius 2 is 2.31 bits per heavy atom. The third-order valence-electron chi connectivity index (χ3n) is 3.09. The fourth-order valence-electron chi connectivity index (χ4n) is 2.22. The maximum atomic E-state index is 10.4. The van der Waals surface area contributed by atoms with E-state index in [0.29, 0.717) is 25.3 Å². The molecule has 0 spiro atoms. The molecule has 0 aromatic carbocycles. The van der Waals surface area contributed by atoms with Gasteiger partial charge in [0.2, 0.25) is 0 Å². The molecule has 1 heterocycles. The largest absolute Gasteiger partial charge is 0.385 e. The predicted molar refractivity (Wildman–Crippen MR) is 61.9 cm³/mol. The Bertz CT molecular complexity index is 387. The highest BCUT2D eigenvalue weighted by Gasteiger charge is 2.46. The average Bonchev–Trinajstić information content (AvgIpc) is 2.19. The molecule has 1 aromatic rings. The van der Waals surface area contributed by atoms with E-state index in [0.717, 1.165) is 11.1 Å². The Labute approximate surface area is 95.4 Å². The van der Waals surface area contributed by atoms with Crippen LogP contribution in [0.2, 0.25) is 0 Å². The van der Waals surface area contributed by atoms with E-state index in [4.69, 9.17) is 10.5 Å². The summed E-state index contributed by atoms with van der Waals surface area (Å²) in [6, 6.07) is 1.91. The van der Waals surface area contributed by atoms with Gasteiger partial charge < -0.3 is 15.6 Å². The first-order valence-electron chi connectivity index (χ1n) is 5.62. The molecule has 3 N–H and O–H groups in total. The van der Waals surface area contributed by atoms with Crippen LogP contribution >= 0.6 is 0 Å². The lowest BCUT2D eigenvalue weighted by molar-refractivity contribution is -0.142. The van der Waals surface area contributed by atoms with Crippen molar-refractivity contribution in [1.82, 2.24) is 4.98 Å². The molecular formula is C12H18N2O2. The van der Waals surface area contributed by atoms with Crippen molar-refractivity contribution in [2.45, 2.75) is 38.4 Å². The van der Waals surface area contributed by atoms with Gasteiger partial charge in [-0.2, -0.15) is 0 Å². The maximum Gasteiger partial charge on any atom is 0.129 e. The fourth-order valence-corrected chi connectivity index (χ4v) is 2.22. The molecule has 0 bridgehead atoms. The van der Waals surface area contributed by atoms with Crippen molar-refractivity contribution in [3.8, 4) is 0 Å². The van der Waals surface area contributed by atoms with E-state index >= 15 is 0 Å². The second-order valence-electron chi connectivity index (χ2n) is 4.46. The predicted octanol–water partition coefficient (Wildman–Crippen LogP) is 1.36. The zero-order valence-corrected chi connectivity index (χ0v) is 9.73. The van der Waals surface area contributed by atoms with Crippen LogP contribution in [0.5, 0.6) is 0 Å². The van der Waals surface area contributed by atoms with Crippen molar-refractivity contribution in [2.24, 2.45) is 0 Å². The Hall–Kier alpha value is -1.13. The average molecular weight is 222 g/mol. The lowest BCUT2D eigenvalue weighted by Crippen LogP contribution is -2.46. The number of hydrogen-bond acceptors (Lipinski definition) is 4. The molecule has 1 fully saturated rings. The third-order valence-corrected chi connectivity index (χ3v) is 3.09. The minimum Gasteiger partial charge on any atom is -0.385 e. The molecule has 1 aromatic heterocycles. The first-order chi connectivity index (χ1) is 7.55. The van der Waals surface area contributed by atoms with E-state index in [1.54, 1.807) is 6.20 Å². The van der Waals surface area contributed by atoms with Gasteiger partial charge in [0, 0.05) is 31.2 Å². The van der Waals surface area contributed by atoms with E-state index in [2.05, 4.69) is 4.98 Å². The summed E-state index contributed by atoms with van der Waals surface area (Å²) in [5.74, 6) is 0.419. The van der Waals surface area contributed by atoms with Gasteiger partial charge in [-0.3, -0.25) is 0 Å².